The first-order chi connectivity index (χ1) is 7.92. The van der Waals surface area contributed by atoms with Gasteiger partial charge in [0.2, 0.25) is 0 Å². The molecule has 0 spiro atoms. The lowest BCUT2D eigenvalue weighted by molar-refractivity contribution is 0.521. The molecule has 0 saturated heterocycles. The van der Waals surface area contributed by atoms with Gasteiger partial charge in [-0.1, -0.05) is 24.1 Å². The zero-order chi connectivity index (χ0) is 11.2. The van der Waals surface area contributed by atoms with Gasteiger partial charge in [0.25, 0.3) is 0 Å². The second-order valence-corrected chi connectivity index (χ2v) is 3.17. The molecule has 2 heteroatoms. The van der Waals surface area contributed by atoms with E-state index in [-0.39, 0.29) is 0 Å². The van der Waals surface area contributed by atoms with Gasteiger partial charge in [-0.05, 0) is 24.3 Å². The first kappa shape index (κ1) is 10.3. The van der Waals surface area contributed by atoms with Crippen molar-refractivity contribution in [1.29, 1.82) is 0 Å². The maximum atomic E-state index is 5.34. The number of nitrogens with zero attached hydrogens (tertiary/aromatic N) is 1. The van der Waals surface area contributed by atoms with E-state index in [9.17, 15) is 0 Å². The average Bonchev–Trinajstić information content (AvgIpc) is 2.38. The van der Waals surface area contributed by atoms with Gasteiger partial charge in [0.15, 0.2) is 0 Å². The summed E-state index contributed by atoms with van der Waals surface area (Å²) in [5.41, 5.74) is 1.84. The highest BCUT2D eigenvalue weighted by atomic mass is 16.5. The van der Waals surface area contributed by atoms with E-state index in [0.717, 1.165) is 17.0 Å². The Labute approximate surface area is 94.9 Å². The zero-order valence-corrected chi connectivity index (χ0v) is 8.97. The summed E-state index contributed by atoms with van der Waals surface area (Å²) >= 11 is 0. The van der Waals surface area contributed by atoms with E-state index in [0.29, 0.717) is 0 Å². The number of ether oxygens (including phenoxy) is 1. The summed E-state index contributed by atoms with van der Waals surface area (Å²) in [6.45, 7) is 1.74. The van der Waals surface area contributed by atoms with Crippen molar-refractivity contribution in [2.75, 3.05) is 0 Å². The van der Waals surface area contributed by atoms with E-state index in [4.69, 9.17) is 4.74 Å². The molecule has 2 nitrogen and oxygen atoms in total. The molecule has 78 valence electrons. The minimum Gasteiger partial charge on any atom is -0.407 e. The minimum absolute atomic E-state index is 0.732. The van der Waals surface area contributed by atoms with Gasteiger partial charge >= 0.3 is 0 Å². The second kappa shape index (κ2) is 4.99. The van der Waals surface area contributed by atoms with Gasteiger partial charge in [-0.2, -0.15) is 0 Å². The molecule has 0 fully saturated rings. The molecular formula is C14H11NO. The van der Waals surface area contributed by atoms with Crippen molar-refractivity contribution >= 4 is 0 Å². The van der Waals surface area contributed by atoms with Crippen molar-refractivity contribution in [3.05, 3.63) is 48.7 Å². The van der Waals surface area contributed by atoms with Gasteiger partial charge in [0, 0.05) is 18.7 Å². The first-order valence-electron chi connectivity index (χ1n) is 5.01. The molecule has 0 aliphatic heterocycles. The highest BCUT2D eigenvalue weighted by molar-refractivity contribution is 5.67. The third kappa shape index (κ3) is 2.21. The largest absolute Gasteiger partial charge is 0.407 e. The quantitative estimate of drug-likeness (QED) is 0.709. The fraction of sp³-hybridized carbons (Fsp3) is 0.0714. The Morgan fingerprint density at radius 3 is 2.62 bits per heavy atom. The van der Waals surface area contributed by atoms with Crippen LogP contribution in [-0.2, 0) is 0 Å². The third-order valence-electron chi connectivity index (χ3n) is 2.09. The van der Waals surface area contributed by atoms with Crippen LogP contribution in [0.1, 0.15) is 6.92 Å². The van der Waals surface area contributed by atoms with E-state index >= 15 is 0 Å². The van der Waals surface area contributed by atoms with E-state index in [1.165, 1.54) is 0 Å². The molecule has 0 aliphatic rings. The highest BCUT2D eigenvalue weighted by Gasteiger charge is 2.05. The summed E-state index contributed by atoms with van der Waals surface area (Å²) in [7, 11) is 0. The fourth-order valence-electron chi connectivity index (χ4n) is 1.40. The van der Waals surface area contributed by atoms with Crippen molar-refractivity contribution in [3.63, 3.8) is 0 Å². The molecule has 2 rings (SSSR count). The predicted octanol–water partition coefficient (Wildman–Crippen LogP) is 3.11. The summed E-state index contributed by atoms with van der Waals surface area (Å²) in [5, 5.41) is 0. The number of rotatable bonds is 2. The molecule has 0 amide bonds. The molecule has 0 atom stereocenters. The molecule has 1 aromatic heterocycles. The number of hydrogen-bond donors (Lipinski definition) is 0. The number of hydrogen-bond acceptors (Lipinski definition) is 2. The lowest BCUT2D eigenvalue weighted by atomic mass is 10.1. The lowest BCUT2D eigenvalue weighted by Gasteiger charge is -2.05. The van der Waals surface area contributed by atoms with Crippen LogP contribution in [0.4, 0.5) is 0 Å². The van der Waals surface area contributed by atoms with Gasteiger partial charge in [-0.15, -0.1) is 0 Å². The molecular weight excluding hydrogens is 198 g/mol. The third-order valence-corrected chi connectivity index (χ3v) is 2.09. The topological polar surface area (TPSA) is 22.1 Å². The second-order valence-electron chi connectivity index (χ2n) is 3.17. The van der Waals surface area contributed by atoms with Crippen molar-refractivity contribution in [2.24, 2.45) is 0 Å². The first-order valence-corrected chi connectivity index (χ1v) is 5.01. The van der Waals surface area contributed by atoms with Crippen molar-refractivity contribution in [1.82, 2.24) is 4.98 Å². The highest BCUT2D eigenvalue weighted by Crippen LogP contribution is 2.27. The molecule has 0 N–H and O–H groups in total. The normalized spacial score (nSPS) is 9.06. The minimum atomic E-state index is 0.732. The molecule has 0 unspecified atom stereocenters. The molecule has 0 saturated carbocycles. The Hall–Kier alpha value is -2.27. The van der Waals surface area contributed by atoms with Crippen LogP contribution in [0.15, 0.2) is 48.7 Å². The van der Waals surface area contributed by atoms with Crippen LogP contribution in [0, 0.1) is 12.0 Å². The molecule has 0 bridgehead atoms. The van der Waals surface area contributed by atoms with Crippen LogP contribution in [0.25, 0.3) is 11.3 Å². The van der Waals surface area contributed by atoms with Crippen LogP contribution in [-0.4, -0.2) is 4.98 Å². The smallest absolute Gasteiger partial charge is 0.149 e. The summed E-state index contributed by atoms with van der Waals surface area (Å²) in [6, 6.07) is 13.5. The number of para-hydroxylation sites is 1. The average molecular weight is 209 g/mol. The molecule has 0 radical (unpaired) electrons. The van der Waals surface area contributed by atoms with Crippen molar-refractivity contribution in [3.8, 4) is 29.0 Å². The number of aromatic nitrogens is 1. The Bertz CT molecular complexity index is 523. The van der Waals surface area contributed by atoms with E-state index in [1.54, 1.807) is 13.1 Å². The summed E-state index contributed by atoms with van der Waals surface area (Å²) in [4.78, 5) is 4.29. The van der Waals surface area contributed by atoms with Crippen LogP contribution in [0.2, 0.25) is 0 Å². The Balaban J connectivity index is 2.43. The van der Waals surface area contributed by atoms with Crippen LogP contribution in [0.5, 0.6) is 5.75 Å². The summed E-state index contributed by atoms with van der Waals surface area (Å²) in [6.07, 6.45) is 4.36. The van der Waals surface area contributed by atoms with Gasteiger partial charge in [-0.25, -0.2) is 0 Å². The number of benzene rings is 1. The molecule has 0 aliphatic carbocycles. The monoisotopic (exact) mass is 209 g/mol. The Morgan fingerprint density at radius 2 is 1.88 bits per heavy atom. The Kier molecular flexibility index (Phi) is 3.20. The van der Waals surface area contributed by atoms with E-state index in [2.05, 4.69) is 17.0 Å². The van der Waals surface area contributed by atoms with Crippen LogP contribution >= 0.6 is 0 Å². The molecule has 1 heterocycles. The lowest BCUT2D eigenvalue weighted by Crippen LogP contribution is -1.88. The number of pyridine rings is 1. The predicted molar refractivity (Wildman–Crippen MR) is 63.8 cm³/mol. The summed E-state index contributed by atoms with van der Waals surface area (Å²) in [5.74, 6) is 3.43. The van der Waals surface area contributed by atoms with Gasteiger partial charge < -0.3 is 4.74 Å². The maximum Gasteiger partial charge on any atom is 0.149 e. The SMILES string of the molecule is CC#COc1ccccc1-c1ccccn1. The van der Waals surface area contributed by atoms with Crippen molar-refractivity contribution in [2.45, 2.75) is 6.92 Å². The molecule has 16 heavy (non-hydrogen) atoms. The summed E-state index contributed by atoms with van der Waals surface area (Å²) < 4.78 is 5.34. The van der Waals surface area contributed by atoms with Gasteiger partial charge in [-0.3, -0.25) is 4.98 Å². The van der Waals surface area contributed by atoms with Crippen LogP contribution in [0.3, 0.4) is 0 Å². The fourth-order valence-corrected chi connectivity index (χ4v) is 1.40. The van der Waals surface area contributed by atoms with E-state index < -0.39 is 0 Å². The zero-order valence-electron chi connectivity index (χ0n) is 8.97. The molecule has 2 aromatic rings. The van der Waals surface area contributed by atoms with Crippen LogP contribution < -0.4 is 4.74 Å². The van der Waals surface area contributed by atoms with Gasteiger partial charge in [0.05, 0.1) is 5.69 Å². The van der Waals surface area contributed by atoms with Crippen molar-refractivity contribution < 1.29 is 4.74 Å². The molecule has 1 aromatic carbocycles. The van der Waals surface area contributed by atoms with Gasteiger partial charge in [0.1, 0.15) is 11.9 Å². The maximum absolute atomic E-state index is 5.34. The standard InChI is InChI=1S/C14H11NO/c1-2-11-16-14-9-4-3-7-12(14)13-8-5-6-10-15-13/h3-10H,1H3. The Morgan fingerprint density at radius 1 is 1.06 bits per heavy atom. The van der Waals surface area contributed by atoms with E-state index in [1.807, 2.05) is 42.5 Å².